The van der Waals surface area contributed by atoms with Crippen LogP contribution in [-0.4, -0.2) is 40.1 Å². The second-order valence-corrected chi connectivity index (χ2v) is 6.22. The maximum atomic E-state index is 13.3. The molecule has 0 saturated carbocycles. The third-order valence-electron chi connectivity index (χ3n) is 4.32. The highest BCUT2D eigenvalue weighted by molar-refractivity contribution is 5.94. The Bertz CT molecular complexity index is 720. The third kappa shape index (κ3) is 4.17. The second kappa shape index (κ2) is 7.53. The highest BCUT2D eigenvalue weighted by Gasteiger charge is 2.20. The third-order valence-corrected chi connectivity index (χ3v) is 4.32. The lowest BCUT2D eigenvalue weighted by molar-refractivity contribution is 0.0753. The van der Waals surface area contributed by atoms with Crippen molar-refractivity contribution in [3.63, 3.8) is 0 Å². The van der Waals surface area contributed by atoms with Gasteiger partial charge in [0.05, 0.1) is 6.10 Å². The molecule has 1 aliphatic heterocycles. The fourth-order valence-corrected chi connectivity index (χ4v) is 3.03. The first-order valence-corrected chi connectivity index (χ1v) is 8.28. The average molecular weight is 328 g/mol. The Morgan fingerprint density at radius 3 is 2.96 bits per heavy atom. The van der Waals surface area contributed by atoms with E-state index < -0.39 is 0 Å². The van der Waals surface area contributed by atoms with Gasteiger partial charge in [-0.15, -0.1) is 0 Å². The minimum Gasteiger partial charge on any atom is -0.393 e. The van der Waals surface area contributed by atoms with E-state index in [1.54, 1.807) is 29.3 Å². The van der Waals surface area contributed by atoms with Gasteiger partial charge in [0.2, 0.25) is 0 Å². The van der Waals surface area contributed by atoms with Gasteiger partial charge < -0.3 is 10.0 Å². The Hall–Kier alpha value is -2.27. The number of benzene rings is 1. The van der Waals surface area contributed by atoms with Gasteiger partial charge >= 0.3 is 0 Å². The molecule has 2 heterocycles. The number of amides is 1. The Morgan fingerprint density at radius 2 is 2.12 bits per heavy atom. The molecule has 1 aliphatic rings. The van der Waals surface area contributed by atoms with Crippen LogP contribution in [0.3, 0.4) is 0 Å². The highest BCUT2D eigenvalue weighted by atomic mass is 19.1. The van der Waals surface area contributed by atoms with Crippen molar-refractivity contribution in [2.24, 2.45) is 0 Å². The van der Waals surface area contributed by atoms with Crippen molar-refractivity contribution in [3.8, 4) is 0 Å². The van der Waals surface area contributed by atoms with E-state index in [9.17, 15) is 14.3 Å². The van der Waals surface area contributed by atoms with Crippen molar-refractivity contribution >= 4 is 5.91 Å². The van der Waals surface area contributed by atoms with Gasteiger partial charge in [-0.2, -0.15) is 0 Å². The van der Waals surface area contributed by atoms with Crippen molar-refractivity contribution in [3.05, 3.63) is 65.2 Å². The SMILES string of the molecule is O=C(c1ccnc(Cc2cccc(F)c2)c1)N1CCCC(O)CC1. The van der Waals surface area contributed by atoms with E-state index in [-0.39, 0.29) is 17.8 Å². The van der Waals surface area contributed by atoms with Crippen molar-refractivity contribution in [2.75, 3.05) is 13.1 Å². The van der Waals surface area contributed by atoms with E-state index >= 15 is 0 Å². The summed E-state index contributed by atoms with van der Waals surface area (Å²) in [7, 11) is 0. The number of aliphatic hydroxyl groups excluding tert-OH is 1. The predicted molar refractivity (Wildman–Crippen MR) is 89.2 cm³/mol. The molecule has 24 heavy (non-hydrogen) atoms. The maximum Gasteiger partial charge on any atom is 0.253 e. The molecule has 4 nitrogen and oxygen atoms in total. The lowest BCUT2D eigenvalue weighted by Gasteiger charge is -2.20. The van der Waals surface area contributed by atoms with Crippen molar-refractivity contribution in [1.29, 1.82) is 0 Å². The quantitative estimate of drug-likeness (QED) is 0.943. The van der Waals surface area contributed by atoms with Crippen LogP contribution in [0.5, 0.6) is 0 Å². The van der Waals surface area contributed by atoms with Crippen LogP contribution in [0.1, 0.15) is 40.9 Å². The summed E-state index contributed by atoms with van der Waals surface area (Å²) in [5.41, 5.74) is 2.15. The van der Waals surface area contributed by atoms with Crippen LogP contribution >= 0.6 is 0 Å². The van der Waals surface area contributed by atoms with Crippen LogP contribution in [-0.2, 0) is 6.42 Å². The number of likely N-dealkylation sites (tertiary alicyclic amines) is 1. The van der Waals surface area contributed by atoms with E-state index in [0.717, 1.165) is 24.1 Å². The molecule has 1 aromatic heterocycles. The van der Waals surface area contributed by atoms with E-state index in [1.165, 1.54) is 12.1 Å². The Kier molecular flexibility index (Phi) is 5.20. The summed E-state index contributed by atoms with van der Waals surface area (Å²) in [5.74, 6) is -0.310. The van der Waals surface area contributed by atoms with E-state index in [0.29, 0.717) is 31.5 Å². The summed E-state index contributed by atoms with van der Waals surface area (Å²) in [6.07, 6.45) is 3.96. The van der Waals surface area contributed by atoms with Crippen LogP contribution in [0.15, 0.2) is 42.6 Å². The molecule has 0 spiro atoms. The maximum absolute atomic E-state index is 13.3. The van der Waals surface area contributed by atoms with Crippen LogP contribution in [0.25, 0.3) is 0 Å². The number of halogens is 1. The zero-order valence-electron chi connectivity index (χ0n) is 13.5. The molecule has 0 aliphatic carbocycles. The van der Waals surface area contributed by atoms with Gasteiger partial charge in [-0.3, -0.25) is 9.78 Å². The summed E-state index contributed by atoms with van der Waals surface area (Å²) in [5, 5.41) is 9.71. The van der Waals surface area contributed by atoms with Gasteiger partial charge in [-0.25, -0.2) is 4.39 Å². The molecule has 1 aromatic carbocycles. The second-order valence-electron chi connectivity index (χ2n) is 6.22. The molecule has 126 valence electrons. The van der Waals surface area contributed by atoms with Crippen molar-refractivity contribution < 1.29 is 14.3 Å². The fraction of sp³-hybridized carbons (Fsp3) is 0.368. The molecule has 1 atom stereocenters. The molecule has 2 aromatic rings. The van der Waals surface area contributed by atoms with Crippen LogP contribution in [0, 0.1) is 5.82 Å². The van der Waals surface area contributed by atoms with Gasteiger partial charge in [0.15, 0.2) is 0 Å². The Balaban J connectivity index is 1.73. The summed E-state index contributed by atoms with van der Waals surface area (Å²) >= 11 is 0. The largest absolute Gasteiger partial charge is 0.393 e. The van der Waals surface area contributed by atoms with E-state index in [4.69, 9.17) is 0 Å². The summed E-state index contributed by atoms with van der Waals surface area (Å²) in [6.45, 7) is 1.24. The van der Waals surface area contributed by atoms with Crippen molar-refractivity contribution in [1.82, 2.24) is 9.88 Å². The van der Waals surface area contributed by atoms with Gasteiger partial charge in [0, 0.05) is 37.0 Å². The van der Waals surface area contributed by atoms with Crippen LogP contribution in [0.2, 0.25) is 0 Å². The van der Waals surface area contributed by atoms with E-state index in [1.807, 2.05) is 6.07 Å². The molecule has 1 saturated heterocycles. The highest BCUT2D eigenvalue weighted by Crippen LogP contribution is 2.16. The van der Waals surface area contributed by atoms with Gasteiger partial charge in [0.1, 0.15) is 5.82 Å². The molecule has 1 N–H and O–H groups in total. The molecule has 1 unspecified atom stereocenters. The Morgan fingerprint density at radius 1 is 1.25 bits per heavy atom. The first-order chi connectivity index (χ1) is 11.6. The van der Waals surface area contributed by atoms with E-state index in [2.05, 4.69) is 4.98 Å². The molecule has 5 heteroatoms. The van der Waals surface area contributed by atoms with Crippen LogP contribution in [0.4, 0.5) is 4.39 Å². The molecule has 3 rings (SSSR count). The average Bonchev–Trinajstić information content (AvgIpc) is 2.79. The number of rotatable bonds is 3. The standard InChI is InChI=1S/C19H21FN2O2/c20-16-4-1-3-14(11-16)12-17-13-15(6-8-21-17)19(24)22-9-2-5-18(23)7-10-22/h1,3-4,6,8,11,13,18,23H,2,5,7,9-10,12H2. The number of carbonyl (C=O) groups is 1. The lowest BCUT2D eigenvalue weighted by Crippen LogP contribution is -2.32. The number of aliphatic hydroxyl groups is 1. The molecule has 0 radical (unpaired) electrons. The molecule has 1 fully saturated rings. The van der Waals surface area contributed by atoms with Crippen LogP contribution < -0.4 is 0 Å². The topological polar surface area (TPSA) is 53.4 Å². The van der Waals surface area contributed by atoms with Gasteiger partial charge in [-0.05, 0) is 49.1 Å². The number of carbonyl (C=O) groups excluding carboxylic acids is 1. The molecular formula is C19H21FN2O2. The number of hydrogen-bond acceptors (Lipinski definition) is 3. The normalized spacial score (nSPS) is 18.2. The monoisotopic (exact) mass is 328 g/mol. The minimum absolute atomic E-state index is 0.0352. The number of hydrogen-bond donors (Lipinski definition) is 1. The number of pyridine rings is 1. The molecule has 1 amide bonds. The van der Waals surface area contributed by atoms with Crippen molar-refractivity contribution in [2.45, 2.75) is 31.8 Å². The first kappa shape index (κ1) is 16.6. The lowest BCUT2D eigenvalue weighted by atomic mass is 10.1. The first-order valence-electron chi connectivity index (χ1n) is 8.28. The predicted octanol–water partition coefficient (Wildman–Crippen LogP) is 2.80. The summed E-state index contributed by atoms with van der Waals surface area (Å²) in [4.78, 5) is 18.8. The minimum atomic E-state index is -0.316. The van der Waals surface area contributed by atoms with Gasteiger partial charge in [-0.1, -0.05) is 12.1 Å². The Labute approximate surface area is 141 Å². The molecular weight excluding hydrogens is 307 g/mol. The molecule has 0 bridgehead atoms. The van der Waals surface area contributed by atoms with Gasteiger partial charge in [0.25, 0.3) is 5.91 Å². The fourth-order valence-electron chi connectivity index (χ4n) is 3.03. The number of aromatic nitrogens is 1. The smallest absolute Gasteiger partial charge is 0.253 e. The zero-order valence-corrected chi connectivity index (χ0v) is 13.5. The summed E-state index contributed by atoms with van der Waals surface area (Å²) < 4.78 is 13.3. The summed E-state index contributed by atoms with van der Waals surface area (Å²) in [6, 6.07) is 9.88. The zero-order chi connectivity index (χ0) is 16.9. The number of nitrogens with zero attached hydrogens (tertiary/aromatic N) is 2.